The zero-order valence-electron chi connectivity index (χ0n) is 18.9. The van der Waals surface area contributed by atoms with Crippen molar-refractivity contribution < 1.29 is 14.3 Å². The number of ether oxygens (including phenoxy) is 1. The van der Waals surface area contributed by atoms with Crippen LogP contribution in [0.4, 0.5) is 0 Å². The molecule has 0 aromatic heterocycles. The standard InChI is InChI=1S/C28H30N2O3/c1-33-25-14-12-21(13-15-25)20-29-27(31)24-16-18-30(19-17-24)28(32)26(22-8-4-2-5-9-22)23-10-6-3-7-11-23/h2-15,24,26H,16-20H2,1H3,(H,29,31). The van der Waals surface area contributed by atoms with Crippen molar-refractivity contribution in [3.05, 3.63) is 102 Å². The Balaban J connectivity index is 1.35. The van der Waals surface area contributed by atoms with Crippen molar-refractivity contribution in [3.63, 3.8) is 0 Å². The zero-order valence-corrected chi connectivity index (χ0v) is 18.9. The molecule has 2 amide bonds. The van der Waals surface area contributed by atoms with Crippen LogP contribution in [0.2, 0.25) is 0 Å². The molecule has 0 radical (unpaired) electrons. The summed E-state index contributed by atoms with van der Waals surface area (Å²) in [5.74, 6) is 0.559. The Kier molecular flexibility index (Phi) is 7.40. The molecule has 4 rings (SSSR count). The van der Waals surface area contributed by atoms with E-state index in [0.29, 0.717) is 32.5 Å². The first-order valence-corrected chi connectivity index (χ1v) is 11.4. The van der Waals surface area contributed by atoms with Gasteiger partial charge in [-0.3, -0.25) is 9.59 Å². The number of piperidine rings is 1. The Morgan fingerprint density at radius 1 is 0.879 bits per heavy atom. The number of hydrogen-bond acceptors (Lipinski definition) is 3. The number of methoxy groups -OCH3 is 1. The van der Waals surface area contributed by atoms with Crippen molar-refractivity contribution in [2.75, 3.05) is 20.2 Å². The number of nitrogens with one attached hydrogen (secondary N) is 1. The molecule has 3 aromatic carbocycles. The molecule has 0 aliphatic carbocycles. The average molecular weight is 443 g/mol. The van der Waals surface area contributed by atoms with Gasteiger partial charge in [0, 0.05) is 25.6 Å². The van der Waals surface area contributed by atoms with E-state index in [2.05, 4.69) is 5.32 Å². The molecular formula is C28H30N2O3. The van der Waals surface area contributed by atoms with Gasteiger partial charge < -0.3 is 15.0 Å². The molecule has 1 saturated heterocycles. The maximum Gasteiger partial charge on any atom is 0.234 e. The fraction of sp³-hybridized carbons (Fsp3) is 0.286. The Morgan fingerprint density at radius 3 is 1.94 bits per heavy atom. The molecule has 1 aliphatic heterocycles. The summed E-state index contributed by atoms with van der Waals surface area (Å²) in [6, 6.07) is 27.5. The van der Waals surface area contributed by atoms with E-state index in [0.717, 1.165) is 22.4 Å². The molecule has 33 heavy (non-hydrogen) atoms. The molecule has 0 bridgehead atoms. The topological polar surface area (TPSA) is 58.6 Å². The number of carbonyl (C=O) groups is 2. The van der Waals surface area contributed by atoms with Crippen LogP contribution in [0.25, 0.3) is 0 Å². The van der Waals surface area contributed by atoms with Crippen molar-refractivity contribution >= 4 is 11.8 Å². The molecule has 1 fully saturated rings. The number of benzene rings is 3. The summed E-state index contributed by atoms with van der Waals surface area (Å²) >= 11 is 0. The van der Waals surface area contributed by atoms with Gasteiger partial charge in [0.1, 0.15) is 5.75 Å². The van der Waals surface area contributed by atoms with Gasteiger partial charge in [0.25, 0.3) is 0 Å². The van der Waals surface area contributed by atoms with Gasteiger partial charge in [-0.05, 0) is 41.7 Å². The molecule has 5 heteroatoms. The second-order valence-corrected chi connectivity index (χ2v) is 8.42. The van der Waals surface area contributed by atoms with Gasteiger partial charge in [-0.1, -0.05) is 72.8 Å². The lowest BCUT2D eigenvalue weighted by atomic mass is 9.88. The highest BCUT2D eigenvalue weighted by Gasteiger charge is 2.32. The molecule has 170 valence electrons. The molecule has 3 aromatic rings. The number of likely N-dealkylation sites (tertiary alicyclic amines) is 1. The molecule has 1 heterocycles. The lowest BCUT2D eigenvalue weighted by Crippen LogP contribution is -2.44. The maximum atomic E-state index is 13.6. The maximum absolute atomic E-state index is 13.6. The van der Waals surface area contributed by atoms with Gasteiger partial charge in [-0.15, -0.1) is 0 Å². The lowest BCUT2D eigenvalue weighted by molar-refractivity contribution is -0.136. The van der Waals surface area contributed by atoms with E-state index in [4.69, 9.17) is 4.74 Å². The van der Waals surface area contributed by atoms with E-state index in [9.17, 15) is 9.59 Å². The Hall–Kier alpha value is -3.60. The van der Waals surface area contributed by atoms with Crippen LogP contribution >= 0.6 is 0 Å². The quantitative estimate of drug-likeness (QED) is 0.591. The van der Waals surface area contributed by atoms with Crippen LogP contribution in [0, 0.1) is 5.92 Å². The molecular weight excluding hydrogens is 412 g/mol. The third kappa shape index (κ3) is 5.61. The molecule has 0 unspecified atom stereocenters. The minimum Gasteiger partial charge on any atom is -0.497 e. The first-order chi connectivity index (χ1) is 16.2. The van der Waals surface area contributed by atoms with Crippen LogP contribution in [-0.4, -0.2) is 36.9 Å². The number of amides is 2. The van der Waals surface area contributed by atoms with Crippen LogP contribution in [0.5, 0.6) is 5.75 Å². The summed E-state index contributed by atoms with van der Waals surface area (Å²) in [7, 11) is 1.63. The zero-order chi connectivity index (χ0) is 23.0. The fourth-order valence-corrected chi connectivity index (χ4v) is 4.39. The lowest BCUT2D eigenvalue weighted by Gasteiger charge is -2.34. The Bertz CT molecular complexity index is 1000. The molecule has 0 saturated carbocycles. The second-order valence-electron chi connectivity index (χ2n) is 8.42. The summed E-state index contributed by atoms with van der Waals surface area (Å²) in [6.45, 7) is 1.68. The highest BCUT2D eigenvalue weighted by atomic mass is 16.5. The minimum atomic E-state index is -0.326. The second kappa shape index (κ2) is 10.8. The van der Waals surface area contributed by atoms with Crippen molar-refractivity contribution in [2.24, 2.45) is 5.92 Å². The summed E-state index contributed by atoms with van der Waals surface area (Å²) in [4.78, 5) is 28.2. The van der Waals surface area contributed by atoms with Gasteiger partial charge >= 0.3 is 0 Å². The van der Waals surface area contributed by atoms with Crippen LogP contribution in [0.3, 0.4) is 0 Å². The van der Waals surface area contributed by atoms with E-state index in [1.807, 2.05) is 89.8 Å². The van der Waals surface area contributed by atoms with Gasteiger partial charge in [0.2, 0.25) is 11.8 Å². The Morgan fingerprint density at radius 2 is 1.42 bits per heavy atom. The van der Waals surface area contributed by atoms with Crippen molar-refractivity contribution in [1.29, 1.82) is 0 Å². The van der Waals surface area contributed by atoms with Crippen LogP contribution in [-0.2, 0) is 16.1 Å². The van der Waals surface area contributed by atoms with Crippen molar-refractivity contribution in [2.45, 2.75) is 25.3 Å². The average Bonchev–Trinajstić information content (AvgIpc) is 2.89. The molecule has 0 atom stereocenters. The fourth-order valence-electron chi connectivity index (χ4n) is 4.39. The Labute approximate surface area is 195 Å². The van der Waals surface area contributed by atoms with Crippen LogP contribution < -0.4 is 10.1 Å². The normalized spacial score (nSPS) is 14.2. The SMILES string of the molecule is COc1ccc(CNC(=O)C2CCN(C(=O)C(c3ccccc3)c3ccccc3)CC2)cc1. The van der Waals surface area contributed by atoms with Gasteiger partial charge in [-0.25, -0.2) is 0 Å². The summed E-state index contributed by atoms with van der Waals surface area (Å²) in [5, 5.41) is 3.04. The highest BCUT2D eigenvalue weighted by molar-refractivity contribution is 5.87. The highest BCUT2D eigenvalue weighted by Crippen LogP contribution is 2.29. The third-order valence-electron chi connectivity index (χ3n) is 6.32. The van der Waals surface area contributed by atoms with E-state index in [1.165, 1.54) is 0 Å². The first-order valence-electron chi connectivity index (χ1n) is 11.4. The number of hydrogen-bond donors (Lipinski definition) is 1. The van der Waals surface area contributed by atoms with E-state index in [1.54, 1.807) is 7.11 Å². The van der Waals surface area contributed by atoms with Gasteiger partial charge in [0.05, 0.1) is 13.0 Å². The predicted octanol–water partition coefficient (Wildman–Crippen LogP) is 4.38. The number of rotatable bonds is 7. The third-order valence-corrected chi connectivity index (χ3v) is 6.32. The molecule has 5 nitrogen and oxygen atoms in total. The smallest absolute Gasteiger partial charge is 0.234 e. The monoisotopic (exact) mass is 442 g/mol. The van der Waals surface area contributed by atoms with E-state index < -0.39 is 0 Å². The van der Waals surface area contributed by atoms with Crippen LogP contribution in [0.1, 0.15) is 35.4 Å². The summed E-state index contributed by atoms with van der Waals surface area (Å²) in [6.07, 6.45) is 1.35. The van der Waals surface area contributed by atoms with Gasteiger partial charge in [0.15, 0.2) is 0 Å². The molecule has 0 spiro atoms. The van der Waals surface area contributed by atoms with Crippen LogP contribution in [0.15, 0.2) is 84.9 Å². The molecule has 1 N–H and O–H groups in total. The summed E-state index contributed by atoms with van der Waals surface area (Å²) < 4.78 is 5.17. The van der Waals surface area contributed by atoms with E-state index in [-0.39, 0.29) is 23.7 Å². The predicted molar refractivity (Wildman–Crippen MR) is 129 cm³/mol. The van der Waals surface area contributed by atoms with Crippen molar-refractivity contribution in [1.82, 2.24) is 10.2 Å². The van der Waals surface area contributed by atoms with Gasteiger partial charge in [-0.2, -0.15) is 0 Å². The van der Waals surface area contributed by atoms with Crippen molar-refractivity contribution in [3.8, 4) is 5.75 Å². The number of carbonyl (C=O) groups excluding carboxylic acids is 2. The van der Waals surface area contributed by atoms with E-state index >= 15 is 0 Å². The summed E-state index contributed by atoms with van der Waals surface area (Å²) in [5.41, 5.74) is 3.02. The minimum absolute atomic E-state index is 0.0561. The molecule has 1 aliphatic rings. The number of nitrogens with zero attached hydrogens (tertiary/aromatic N) is 1. The first kappa shape index (κ1) is 22.6. The largest absolute Gasteiger partial charge is 0.497 e.